The van der Waals surface area contributed by atoms with Gasteiger partial charge in [0.05, 0.1) is 12.2 Å². The zero-order valence-corrected chi connectivity index (χ0v) is 7.40. The maximum absolute atomic E-state index is 11.0. The Morgan fingerprint density at radius 1 is 1.73 bits per heavy atom. The van der Waals surface area contributed by atoms with E-state index in [1.165, 1.54) is 5.37 Å². The lowest BCUT2D eigenvalue weighted by molar-refractivity contribution is -0.137. The number of esters is 1. The Morgan fingerprint density at radius 2 is 2.27 bits per heavy atom. The number of carbonyl (C=O) groups excluding carboxylic acids is 1. The first-order valence-corrected chi connectivity index (χ1v) is 3.69. The Hall–Kier alpha value is -0.900. The second kappa shape index (κ2) is 4.85. The highest BCUT2D eigenvalue weighted by atomic mass is 32.1. The molecule has 0 atom stereocenters. The van der Waals surface area contributed by atoms with Crippen LogP contribution in [0, 0.1) is 0 Å². The van der Waals surface area contributed by atoms with Gasteiger partial charge in [-0.3, -0.25) is 0 Å². The minimum absolute atomic E-state index is 0.266. The van der Waals surface area contributed by atoms with Crippen LogP contribution in [0.15, 0.2) is 11.3 Å². The van der Waals surface area contributed by atoms with Crippen LogP contribution in [-0.4, -0.2) is 17.9 Å². The molecule has 0 fully saturated rings. The van der Waals surface area contributed by atoms with Crippen molar-refractivity contribution in [1.82, 2.24) is 0 Å². The number of thiocarbonyl (C=S) groups is 1. The van der Waals surface area contributed by atoms with Gasteiger partial charge < -0.3 is 10.5 Å². The summed E-state index contributed by atoms with van der Waals surface area (Å²) in [4.78, 5) is 11.0. The van der Waals surface area contributed by atoms with E-state index in [-0.39, 0.29) is 5.57 Å². The maximum atomic E-state index is 11.0. The molecule has 0 rings (SSSR count). The number of ether oxygens (including phenoxy) is 1. The second-order valence-corrected chi connectivity index (χ2v) is 2.17. The highest BCUT2D eigenvalue weighted by Gasteiger charge is 2.08. The van der Waals surface area contributed by atoms with Crippen molar-refractivity contribution >= 4 is 23.6 Å². The highest BCUT2D eigenvalue weighted by Crippen LogP contribution is 1.98. The minimum atomic E-state index is -0.456. The molecule has 0 saturated heterocycles. The third kappa shape index (κ3) is 3.13. The number of rotatable bonds is 3. The lowest BCUT2D eigenvalue weighted by Crippen LogP contribution is -2.12. The lowest BCUT2D eigenvalue weighted by atomic mass is 10.2. The van der Waals surface area contributed by atoms with Gasteiger partial charge in [-0.25, -0.2) is 4.79 Å². The summed E-state index contributed by atoms with van der Waals surface area (Å²) in [5.41, 5.74) is 6.01. The first kappa shape index (κ1) is 10.1. The molecule has 0 saturated carbocycles. The van der Waals surface area contributed by atoms with Crippen molar-refractivity contribution in [3.05, 3.63) is 11.3 Å². The molecule has 4 heteroatoms. The van der Waals surface area contributed by atoms with Crippen LogP contribution in [0.1, 0.15) is 13.8 Å². The predicted molar refractivity (Wildman–Crippen MR) is 47.2 cm³/mol. The molecule has 0 radical (unpaired) electrons. The third-order valence-electron chi connectivity index (χ3n) is 1.04. The third-order valence-corrected chi connectivity index (χ3v) is 1.27. The number of hydrogen-bond donors (Lipinski definition) is 1. The van der Waals surface area contributed by atoms with Crippen molar-refractivity contribution in [3.8, 4) is 0 Å². The molecule has 0 amide bonds. The summed E-state index contributed by atoms with van der Waals surface area (Å²) in [6, 6.07) is 0. The monoisotopic (exact) mass is 173 g/mol. The fraction of sp³-hybridized carbons (Fsp3) is 0.429. The van der Waals surface area contributed by atoms with E-state index >= 15 is 0 Å². The van der Waals surface area contributed by atoms with E-state index < -0.39 is 5.97 Å². The van der Waals surface area contributed by atoms with Gasteiger partial charge in [0.2, 0.25) is 0 Å². The smallest absolute Gasteiger partial charge is 0.340 e. The largest absolute Gasteiger partial charge is 0.462 e. The first-order valence-electron chi connectivity index (χ1n) is 3.22. The van der Waals surface area contributed by atoms with Gasteiger partial charge in [-0.1, -0.05) is 12.2 Å². The van der Waals surface area contributed by atoms with E-state index in [1.54, 1.807) is 13.8 Å². The summed E-state index contributed by atoms with van der Waals surface area (Å²) in [6.45, 7) is 3.67. The van der Waals surface area contributed by atoms with Crippen molar-refractivity contribution in [3.63, 3.8) is 0 Å². The fourth-order valence-corrected chi connectivity index (χ4v) is 0.793. The molecule has 2 N–H and O–H groups in total. The first-order chi connectivity index (χ1) is 5.13. The van der Waals surface area contributed by atoms with Crippen LogP contribution in [0.3, 0.4) is 0 Å². The summed E-state index contributed by atoms with van der Waals surface area (Å²) in [7, 11) is 0. The molecule has 11 heavy (non-hydrogen) atoms. The Morgan fingerprint density at radius 3 is 2.55 bits per heavy atom. The molecule has 0 spiro atoms. The summed E-state index contributed by atoms with van der Waals surface area (Å²) >= 11 is 4.58. The van der Waals surface area contributed by atoms with Crippen molar-refractivity contribution in [2.75, 3.05) is 6.61 Å². The topological polar surface area (TPSA) is 52.3 Å². The van der Waals surface area contributed by atoms with Gasteiger partial charge in [0.25, 0.3) is 0 Å². The van der Waals surface area contributed by atoms with Gasteiger partial charge in [-0.05, 0) is 13.8 Å². The van der Waals surface area contributed by atoms with E-state index in [0.29, 0.717) is 12.3 Å². The normalized spacial score (nSPS) is 11.8. The molecule has 0 aliphatic carbocycles. The van der Waals surface area contributed by atoms with E-state index in [4.69, 9.17) is 5.73 Å². The average molecular weight is 173 g/mol. The molecule has 0 unspecified atom stereocenters. The standard InChI is InChI=1S/C7H11NO2S/c1-3-10-7(9)6(4-11)5(2)8/h4H,3,8H2,1-2H3/b6-5+. The van der Waals surface area contributed by atoms with E-state index in [2.05, 4.69) is 17.0 Å². The zero-order valence-electron chi connectivity index (χ0n) is 6.59. The molecule has 0 aromatic rings. The molecular weight excluding hydrogens is 162 g/mol. The summed E-state index contributed by atoms with van der Waals surface area (Å²) < 4.78 is 4.68. The molecule has 0 aromatic carbocycles. The van der Waals surface area contributed by atoms with Crippen molar-refractivity contribution in [2.24, 2.45) is 5.73 Å². The Labute approximate surface area is 71.2 Å². The van der Waals surface area contributed by atoms with Crippen molar-refractivity contribution < 1.29 is 9.53 Å². The fourth-order valence-electron chi connectivity index (χ4n) is 0.511. The van der Waals surface area contributed by atoms with Gasteiger partial charge in [-0.2, -0.15) is 0 Å². The van der Waals surface area contributed by atoms with E-state index in [9.17, 15) is 4.79 Å². The van der Waals surface area contributed by atoms with Crippen LogP contribution in [0.25, 0.3) is 0 Å². The van der Waals surface area contributed by atoms with Crippen LogP contribution < -0.4 is 5.73 Å². The van der Waals surface area contributed by atoms with Gasteiger partial charge in [-0.15, -0.1) is 0 Å². The maximum Gasteiger partial charge on any atom is 0.340 e. The van der Waals surface area contributed by atoms with Crippen LogP contribution in [0.2, 0.25) is 0 Å². The molecule has 0 aliphatic heterocycles. The summed E-state index contributed by atoms with van der Waals surface area (Å²) in [5.74, 6) is -0.456. The van der Waals surface area contributed by atoms with Gasteiger partial charge >= 0.3 is 5.97 Å². The highest BCUT2D eigenvalue weighted by molar-refractivity contribution is 7.79. The molecular formula is C7H11NO2S. The number of hydrogen-bond acceptors (Lipinski definition) is 4. The minimum Gasteiger partial charge on any atom is -0.462 e. The number of carbonyl (C=O) groups is 1. The molecule has 0 aromatic heterocycles. The average Bonchev–Trinajstić information content (AvgIpc) is 1.88. The second-order valence-electron chi connectivity index (χ2n) is 1.94. The summed E-state index contributed by atoms with van der Waals surface area (Å²) in [5, 5.41) is 1.23. The predicted octanol–water partition coefficient (Wildman–Crippen LogP) is 0.782. The Bertz CT molecular complexity index is 195. The van der Waals surface area contributed by atoms with Crippen LogP contribution >= 0.6 is 12.2 Å². The van der Waals surface area contributed by atoms with Crippen LogP contribution in [0.4, 0.5) is 0 Å². The van der Waals surface area contributed by atoms with Gasteiger partial charge in [0, 0.05) is 11.1 Å². The van der Waals surface area contributed by atoms with E-state index in [0.717, 1.165) is 0 Å². The molecule has 0 bridgehead atoms. The summed E-state index contributed by atoms with van der Waals surface area (Å²) in [6.07, 6.45) is 0. The van der Waals surface area contributed by atoms with Crippen LogP contribution in [-0.2, 0) is 9.53 Å². The van der Waals surface area contributed by atoms with Gasteiger partial charge in [0.15, 0.2) is 0 Å². The van der Waals surface area contributed by atoms with E-state index in [1.807, 2.05) is 0 Å². The Kier molecular flexibility index (Phi) is 4.45. The van der Waals surface area contributed by atoms with Crippen molar-refractivity contribution in [2.45, 2.75) is 13.8 Å². The lowest BCUT2D eigenvalue weighted by Gasteiger charge is -2.02. The van der Waals surface area contributed by atoms with Crippen molar-refractivity contribution in [1.29, 1.82) is 0 Å². The number of allylic oxidation sites excluding steroid dienone is 1. The number of nitrogens with two attached hydrogens (primary N) is 1. The molecule has 0 aliphatic rings. The van der Waals surface area contributed by atoms with Crippen LogP contribution in [0.5, 0.6) is 0 Å². The Balaban J connectivity index is 4.40. The SMILES string of the molecule is CCOC(=O)/C(C=S)=C(\C)N. The molecule has 0 heterocycles. The van der Waals surface area contributed by atoms with Gasteiger partial charge in [0.1, 0.15) is 0 Å². The molecule has 3 nitrogen and oxygen atoms in total. The zero-order chi connectivity index (χ0) is 8.85. The quantitative estimate of drug-likeness (QED) is 0.389. The molecule has 62 valence electrons.